The summed E-state index contributed by atoms with van der Waals surface area (Å²) in [7, 11) is 0. The van der Waals surface area contributed by atoms with Crippen molar-refractivity contribution in [2.45, 2.75) is 12.8 Å². The number of rotatable bonds is 6. The summed E-state index contributed by atoms with van der Waals surface area (Å²) in [6, 6.07) is 7.61. The standard InChI is InChI=1S/C16H22N4O2/c21-16(18-6-3-9-20-10-7-17-8-11-20)12-14-13-4-1-2-5-15(13)22-19-14/h1-2,4-5,17H,3,6-12H2,(H,18,21). The van der Waals surface area contributed by atoms with Crippen molar-refractivity contribution in [2.24, 2.45) is 0 Å². The first-order chi connectivity index (χ1) is 10.8. The fourth-order valence-electron chi connectivity index (χ4n) is 2.75. The molecule has 0 bridgehead atoms. The van der Waals surface area contributed by atoms with E-state index < -0.39 is 0 Å². The largest absolute Gasteiger partial charge is 0.356 e. The lowest BCUT2D eigenvalue weighted by molar-refractivity contribution is -0.120. The van der Waals surface area contributed by atoms with Gasteiger partial charge in [0, 0.05) is 38.1 Å². The third kappa shape index (κ3) is 3.84. The number of benzene rings is 1. The van der Waals surface area contributed by atoms with Gasteiger partial charge in [0.2, 0.25) is 5.91 Å². The van der Waals surface area contributed by atoms with Crippen LogP contribution in [0.25, 0.3) is 11.0 Å². The lowest BCUT2D eigenvalue weighted by Crippen LogP contribution is -2.44. The van der Waals surface area contributed by atoms with Crippen LogP contribution in [0.2, 0.25) is 0 Å². The van der Waals surface area contributed by atoms with Gasteiger partial charge < -0.3 is 20.1 Å². The Hall–Kier alpha value is -1.92. The van der Waals surface area contributed by atoms with Crippen LogP contribution in [0.1, 0.15) is 12.1 Å². The highest BCUT2D eigenvalue weighted by Crippen LogP contribution is 2.17. The number of hydrogen-bond acceptors (Lipinski definition) is 5. The van der Waals surface area contributed by atoms with Gasteiger partial charge in [-0.15, -0.1) is 0 Å². The van der Waals surface area contributed by atoms with E-state index in [1.54, 1.807) is 0 Å². The molecule has 22 heavy (non-hydrogen) atoms. The fraction of sp³-hybridized carbons (Fsp3) is 0.500. The van der Waals surface area contributed by atoms with Crippen LogP contribution >= 0.6 is 0 Å². The van der Waals surface area contributed by atoms with Crippen LogP contribution in [0.3, 0.4) is 0 Å². The number of carbonyl (C=O) groups is 1. The number of fused-ring (bicyclic) bond motifs is 1. The third-order valence-electron chi connectivity index (χ3n) is 3.96. The summed E-state index contributed by atoms with van der Waals surface area (Å²) < 4.78 is 5.21. The molecule has 2 aromatic rings. The number of nitrogens with one attached hydrogen (secondary N) is 2. The molecule has 3 rings (SSSR count). The van der Waals surface area contributed by atoms with E-state index in [4.69, 9.17) is 4.52 Å². The lowest BCUT2D eigenvalue weighted by atomic mass is 10.1. The molecule has 1 aliphatic heterocycles. The topological polar surface area (TPSA) is 70.4 Å². The van der Waals surface area contributed by atoms with Gasteiger partial charge in [-0.05, 0) is 25.1 Å². The van der Waals surface area contributed by atoms with E-state index in [1.807, 2.05) is 24.3 Å². The van der Waals surface area contributed by atoms with E-state index in [9.17, 15) is 4.79 Å². The molecule has 1 aromatic carbocycles. The molecule has 0 radical (unpaired) electrons. The van der Waals surface area contributed by atoms with E-state index in [0.29, 0.717) is 12.2 Å². The van der Waals surface area contributed by atoms with Crippen molar-refractivity contribution in [2.75, 3.05) is 39.3 Å². The van der Waals surface area contributed by atoms with Crippen LogP contribution in [0.5, 0.6) is 0 Å². The summed E-state index contributed by atoms with van der Waals surface area (Å²) in [5.74, 6) is -0.000589. The predicted octanol–water partition coefficient (Wildman–Crippen LogP) is 0.782. The second-order valence-electron chi connectivity index (χ2n) is 5.60. The molecule has 1 aliphatic rings. The maximum atomic E-state index is 12.0. The number of carbonyl (C=O) groups excluding carboxylic acids is 1. The monoisotopic (exact) mass is 302 g/mol. The van der Waals surface area contributed by atoms with Gasteiger partial charge in [0.15, 0.2) is 5.58 Å². The average molecular weight is 302 g/mol. The minimum absolute atomic E-state index is 0.000589. The van der Waals surface area contributed by atoms with E-state index in [2.05, 4.69) is 20.7 Å². The Kier molecular flexibility index (Phi) is 5.03. The van der Waals surface area contributed by atoms with Crippen LogP contribution in [-0.2, 0) is 11.2 Å². The second kappa shape index (κ2) is 7.38. The van der Waals surface area contributed by atoms with Crippen molar-refractivity contribution in [1.29, 1.82) is 0 Å². The van der Waals surface area contributed by atoms with Gasteiger partial charge in [0.05, 0.1) is 6.42 Å². The summed E-state index contributed by atoms with van der Waals surface area (Å²) >= 11 is 0. The fourth-order valence-corrected chi connectivity index (χ4v) is 2.75. The van der Waals surface area contributed by atoms with Crippen LogP contribution in [0.15, 0.2) is 28.8 Å². The maximum Gasteiger partial charge on any atom is 0.226 e. The zero-order valence-electron chi connectivity index (χ0n) is 12.7. The second-order valence-corrected chi connectivity index (χ2v) is 5.60. The highest BCUT2D eigenvalue weighted by molar-refractivity contribution is 5.86. The molecule has 1 amide bonds. The minimum Gasteiger partial charge on any atom is -0.356 e. The average Bonchev–Trinajstić information content (AvgIpc) is 2.96. The predicted molar refractivity (Wildman–Crippen MR) is 84.6 cm³/mol. The molecule has 0 saturated carbocycles. The number of hydrogen-bond donors (Lipinski definition) is 2. The highest BCUT2D eigenvalue weighted by atomic mass is 16.5. The Labute approximate surface area is 129 Å². The number of nitrogens with zero attached hydrogens (tertiary/aromatic N) is 2. The molecule has 2 N–H and O–H groups in total. The SMILES string of the molecule is O=C(Cc1noc2ccccc12)NCCCN1CCNCC1. The number of para-hydroxylation sites is 1. The molecule has 2 heterocycles. The molecule has 0 atom stereocenters. The molecule has 118 valence electrons. The molecule has 1 aromatic heterocycles. The summed E-state index contributed by atoms with van der Waals surface area (Å²) in [5.41, 5.74) is 1.43. The lowest BCUT2D eigenvalue weighted by Gasteiger charge is -2.27. The maximum absolute atomic E-state index is 12.0. The minimum atomic E-state index is -0.000589. The van der Waals surface area contributed by atoms with Crippen molar-refractivity contribution < 1.29 is 9.32 Å². The van der Waals surface area contributed by atoms with Gasteiger partial charge in [-0.3, -0.25) is 4.79 Å². The molecule has 1 saturated heterocycles. The van der Waals surface area contributed by atoms with Crippen LogP contribution < -0.4 is 10.6 Å². The van der Waals surface area contributed by atoms with Gasteiger partial charge in [0.25, 0.3) is 0 Å². The van der Waals surface area contributed by atoms with Gasteiger partial charge in [0.1, 0.15) is 5.69 Å². The quantitative estimate of drug-likeness (QED) is 0.772. The normalized spacial score (nSPS) is 16.0. The van der Waals surface area contributed by atoms with Gasteiger partial charge in [-0.25, -0.2) is 0 Å². The van der Waals surface area contributed by atoms with E-state index >= 15 is 0 Å². The van der Waals surface area contributed by atoms with E-state index in [-0.39, 0.29) is 12.3 Å². The first kappa shape index (κ1) is 15.0. The summed E-state index contributed by atoms with van der Waals surface area (Å²) in [4.78, 5) is 14.4. The number of amides is 1. The molecule has 6 heteroatoms. The first-order valence-electron chi connectivity index (χ1n) is 7.86. The van der Waals surface area contributed by atoms with Crippen LogP contribution in [-0.4, -0.2) is 55.2 Å². The summed E-state index contributed by atoms with van der Waals surface area (Å²) in [6.45, 7) is 6.06. The van der Waals surface area contributed by atoms with E-state index in [0.717, 1.165) is 50.1 Å². The molecule has 0 spiro atoms. The number of aromatic nitrogens is 1. The van der Waals surface area contributed by atoms with E-state index in [1.165, 1.54) is 0 Å². The molecular weight excluding hydrogens is 280 g/mol. The van der Waals surface area contributed by atoms with Crippen molar-refractivity contribution >= 4 is 16.9 Å². The van der Waals surface area contributed by atoms with Crippen LogP contribution in [0, 0.1) is 0 Å². The molecular formula is C16H22N4O2. The van der Waals surface area contributed by atoms with Crippen molar-refractivity contribution in [3.05, 3.63) is 30.0 Å². The molecule has 1 fully saturated rings. The summed E-state index contributed by atoms with van der Waals surface area (Å²) in [5, 5.41) is 11.2. The van der Waals surface area contributed by atoms with Crippen molar-refractivity contribution in [1.82, 2.24) is 20.7 Å². The first-order valence-corrected chi connectivity index (χ1v) is 7.86. The zero-order chi connectivity index (χ0) is 15.2. The number of piperazine rings is 1. The smallest absolute Gasteiger partial charge is 0.226 e. The molecule has 0 aliphatic carbocycles. The van der Waals surface area contributed by atoms with Gasteiger partial charge in [-0.1, -0.05) is 17.3 Å². The molecule has 0 unspecified atom stereocenters. The Morgan fingerprint density at radius 3 is 3.00 bits per heavy atom. The highest BCUT2D eigenvalue weighted by Gasteiger charge is 2.12. The summed E-state index contributed by atoms with van der Waals surface area (Å²) in [6.07, 6.45) is 1.25. The van der Waals surface area contributed by atoms with Gasteiger partial charge in [-0.2, -0.15) is 0 Å². The Morgan fingerprint density at radius 1 is 1.32 bits per heavy atom. The van der Waals surface area contributed by atoms with Crippen LogP contribution in [0.4, 0.5) is 0 Å². The third-order valence-corrected chi connectivity index (χ3v) is 3.96. The van der Waals surface area contributed by atoms with Crippen molar-refractivity contribution in [3.63, 3.8) is 0 Å². The Morgan fingerprint density at radius 2 is 2.14 bits per heavy atom. The Balaban J connectivity index is 1.41. The van der Waals surface area contributed by atoms with Crippen molar-refractivity contribution in [3.8, 4) is 0 Å². The van der Waals surface area contributed by atoms with Gasteiger partial charge >= 0.3 is 0 Å². The Bertz CT molecular complexity index is 619. The zero-order valence-corrected chi connectivity index (χ0v) is 12.7. The molecule has 6 nitrogen and oxygen atoms in total.